The summed E-state index contributed by atoms with van der Waals surface area (Å²) >= 11 is 3.44. The van der Waals surface area contributed by atoms with Crippen LogP contribution in [0.3, 0.4) is 0 Å². The molecule has 0 heterocycles. The summed E-state index contributed by atoms with van der Waals surface area (Å²) < 4.78 is 11.8. The summed E-state index contributed by atoms with van der Waals surface area (Å²) in [5, 5.41) is 0. The monoisotopic (exact) mass is 328 g/mol. The second kappa shape index (κ2) is 7.53. The van der Waals surface area contributed by atoms with Gasteiger partial charge in [0, 0.05) is 16.0 Å². The van der Waals surface area contributed by atoms with Crippen molar-refractivity contribution in [2.75, 3.05) is 13.2 Å². The molecular formula is C15H21BrO3. The van der Waals surface area contributed by atoms with Crippen molar-refractivity contribution in [3.63, 3.8) is 0 Å². The third kappa shape index (κ3) is 3.96. The van der Waals surface area contributed by atoms with Crippen LogP contribution in [0.2, 0.25) is 0 Å². The van der Waals surface area contributed by atoms with E-state index in [2.05, 4.69) is 15.9 Å². The van der Waals surface area contributed by atoms with Crippen molar-refractivity contribution in [2.45, 2.75) is 34.1 Å². The first-order valence-electron chi connectivity index (χ1n) is 6.68. The fraction of sp³-hybridized carbons (Fsp3) is 0.533. The number of ether oxygens (including phenoxy) is 2. The maximum absolute atomic E-state index is 12.3. The van der Waals surface area contributed by atoms with E-state index < -0.39 is 0 Å². The minimum atomic E-state index is 0.00344. The zero-order valence-electron chi connectivity index (χ0n) is 12.0. The molecule has 0 amide bonds. The van der Waals surface area contributed by atoms with Gasteiger partial charge in [-0.05, 0) is 48.3 Å². The van der Waals surface area contributed by atoms with E-state index in [9.17, 15) is 4.79 Å². The van der Waals surface area contributed by atoms with Gasteiger partial charge in [0.2, 0.25) is 0 Å². The number of ketones is 1. The van der Waals surface area contributed by atoms with Crippen LogP contribution in [0.5, 0.6) is 11.5 Å². The van der Waals surface area contributed by atoms with Gasteiger partial charge in [-0.2, -0.15) is 0 Å². The normalized spacial score (nSPS) is 12.1. The predicted octanol–water partition coefficient (Wildman–Crippen LogP) is 4.48. The summed E-state index contributed by atoms with van der Waals surface area (Å²) in [5.74, 6) is 1.42. The molecule has 0 fully saturated rings. The van der Waals surface area contributed by atoms with Gasteiger partial charge >= 0.3 is 0 Å². The number of carbonyl (C=O) groups excluding carboxylic acids is 1. The van der Waals surface area contributed by atoms with Crippen LogP contribution in [0, 0.1) is 5.92 Å². The molecule has 1 rings (SSSR count). The lowest BCUT2D eigenvalue weighted by molar-refractivity contribution is 0.0926. The van der Waals surface area contributed by atoms with E-state index in [0.717, 1.165) is 10.9 Å². The van der Waals surface area contributed by atoms with Crippen LogP contribution in [0.15, 0.2) is 16.6 Å². The molecule has 106 valence electrons. The number of carbonyl (C=O) groups is 1. The quantitative estimate of drug-likeness (QED) is 0.692. The van der Waals surface area contributed by atoms with Crippen molar-refractivity contribution in [3.8, 4) is 11.5 Å². The number of Topliss-reactive ketones (excluding diaryl/α,β-unsaturated/α-hetero) is 1. The van der Waals surface area contributed by atoms with Gasteiger partial charge < -0.3 is 9.47 Å². The molecule has 0 bridgehead atoms. The van der Waals surface area contributed by atoms with Gasteiger partial charge in [0.25, 0.3) is 0 Å². The van der Waals surface area contributed by atoms with Gasteiger partial charge in [0.15, 0.2) is 17.3 Å². The summed E-state index contributed by atoms with van der Waals surface area (Å²) in [6.45, 7) is 8.87. The lowest BCUT2D eigenvalue weighted by atomic mass is 9.97. The van der Waals surface area contributed by atoms with Crippen molar-refractivity contribution >= 4 is 21.7 Å². The molecule has 0 aliphatic carbocycles. The first-order chi connectivity index (χ1) is 9.04. The number of benzene rings is 1. The first-order valence-corrected chi connectivity index (χ1v) is 7.47. The van der Waals surface area contributed by atoms with E-state index in [-0.39, 0.29) is 11.7 Å². The second-order valence-electron chi connectivity index (χ2n) is 4.32. The molecule has 1 aromatic rings. The SMILES string of the molecule is CCOc1cc(Br)c(C(=O)C(C)CC)cc1OCC. The second-order valence-corrected chi connectivity index (χ2v) is 5.17. The average molecular weight is 329 g/mol. The van der Waals surface area contributed by atoms with Crippen LogP contribution in [-0.2, 0) is 0 Å². The summed E-state index contributed by atoms with van der Waals surface area (Å²) in [6, 6.07) is 3.58. The van der Waals surface area contributed by atoms with Crippen LogP contribution < -0.4 is 9.47 Å². The van der Waals surface area contributed by atoms with Crippen molar-refractivity contribution in [1.82, 2.24) is 0 Å². The zero-order chi connectivity index (χ0) is 14.4. The minimum Gasteiger partial charge on any atom is -0.490 e. The van der Waals surface area contributed by atoms with Crippen molar-refractivity contribution < 1.29 is 14.3 Å². The molecule has 0 aliphatic rings. The predicted molar refractivity (Wildman–Crippen MR) is 80.3 cm³/mol. The van der Waals surface area contributed by atoms with Gasteiger partial charge in [0.1, 0.15) is 0 Å². The Morgan fingerprint density at radius 3 is 2.16 bits per heavy atom. The molecule has 0 saturated heterocycles. The molecule has 3 nitrogen and oxygen atoms in total. The van der Waals surface area contributed by atoms with Gasteiger partial charge in [-0.1, -0.05) is 13.8 Å². The maximum atomic E-state index is 12.3. The summed E-state index contributed by atoms with van der Waals surface area (Å²) in [7, 11) is 0. The van der Waals surface area contributed by atoms with E-state index >= 15 is 0 Å². The fourth-order valence-corrected chi connectivity index (χ4v) is 2.23. The highest BCUT2D eigenvalue weighted by molar-refractivity contribution is 9.10. The van der Waals surface area contributed by atoms with Crippen LogP contribution in [0.1, 0.15) is 44.5 Å². The molecule has 0 saturated carbocycles. The molecule has 1 unspecified atom stereocenters. The fourth-order valence-electron chi connectivity index (χ4n) is 1.71. The van der Waals surface area contributed by atoms with E-state index in [1.54, 1.807) is 6.07 Å². The molecule has 1 aromatic carbocycles. The molecule has 0 aliphatic heterocycles. The Morgan fingerprint density at radius 1 is 1.16 bits per heavy atom. The molecular weight excluding hydrogens is 308 g/mol. The largest absolute Gasteiger partial charge is 0.490 e. The molecule has 0 N–H and O–H groups in total. The van der Waals surface area contributed by atoms with Crippen molar-refractivity contribution in [2.24, 2.45) is 5.92 Å². The first kappa shape index (κ1) is 16.0. The van der Waals surface area contributed by atoms with Crippen LogP contribution in [-0.4, -0.2) is 19.0 Å². The molecule has 1 atom stereocenters. The lowest BCUT2D eigenvalue weighted by Crippen LogP contribution is -2.11. The van der Waals surface area contributed by atoms with Crippen LogP contribution >= 0.6 is 15.9 Å². The van der Waals surface area contributed by atoms with Gasteiger partial charge in [-0.3, -0.25) is 4.79 Å². The van der Waals surface area contributed by atoms with E-state index in [4.69, 9.17) is 9.47 Å². The Balaban J connectivity index is 3.19. The molecule has 0 aromatic heterocycles. The average Bonchev–Trinajstić information content (AvgIpc) is 2.40. The third-order valence-electron chi connectivity index (χ3n) is 2.96. The number of hydrogen-bond acceptors (Lipinski definition) is 3. The van der Waals surface area contributed by atoms with E-state index in [1.165, 1.54) is 0 Å². The smallest absolute Gasteiger partial charge is 0.166 e. The zero-order valence-corrected chi connectivity index (χ0v) is 13.5. The number of hydrogen-bond donors (Lipinski definition) is 0. The highest BCUT2D eigenvalue weighted by Crippen LogP contribution is 2.35. The Bertz CT molecular complexity index is 443. The van der Waals surface area contributed by atoms with Crippen LogP contribution in [0.25, 0.3) is 0 Å². The van der Waals surface area contributed by atoms with E-state index in [1.807, 2.05) is 33.8 Å². The Morgan fingerprint density at radius 2 is 1.68 bits per heavy atom. The van der Waals surface area contributed by atoms with Gasteiger partial charge in [0.05, 0.1) is 13.2 Å². The van der Waals surface area contributed by atoms with Crippen LogP contribution in [0.4, 0.5) is 0 Å². The van der Waals surface area contributed by atoms with E-state index in [0.29, 0.717) is 30.3 Å². The topological polar surface area (TPSA) is 35.5 Å². The third-order valence-corrected chi connectivity index (χ3v) is 3.61. The molecule has 0 spiro atoms. The summed E-state index contributed by atoms with van der Waals surface area (Å²) in [4.78, 5) is 12.3. The van der Waals surface area contributed by atoms with Crippen molar-refractivity contribution in [3.05, 3.63) is 22.2 Å². The standard InChI is InChI=1S/C15H21BrO3/c1-5-10(4)15(17)11-8-13(18-6-2)14(19-7-3)9-12(11)16/h8-10H,5-7H2,1-4H3. The van der Waals surface area contributed by atoms with Gasteiger partial charge in [-0.25, -0.2) is 0 Å². The molecule has 19 heavy (non-hydrogen) atoms. The molecule has 0 radical (unpaired) electrons. The minimum absolute atomic E-state index is 0.00344. The number of halogens is 1. The van der Waals surface area contributed by atoms with Crippen molar-refractivity contribution in [1.29, 1.82) is 0 Å². The highest BCUT2D eigenvalue weighted by atomic mass is 79.9. The maximum Gasteiger partial charge on any atom is 0.166 e. The summed E-state index contributed by atoms with van der Waals surface area (Å²) in [5.41, 5.74) is 0.654. The Labute approximate surface area is 123 Å². The Hall–Kier alpha value is -1.03. The molecule has 4 heteroatoms. The van der Waals surface area contributed by atoms with Gasteiger partial charge in [-0.15, -0.1) is 0 Å². The highest BCUT2D eigenvalue weighted by Gasteiger charge is 2.19. The Kier molecular flexibility index (Phi) is 6.35. The lowest BCUT2D eigenvalue weighted by Gasteiger charge is -2.15. The number of rotatable bonds is 7. The summed E-state index contributed by atoms with van der Waals surface area (Å²) in [6.07, 6.45) is 0.822.